The zero-order valence-corrected chi connectivity index (χ0v) is 17.2. The summed E-state index contributed by atoms with van der Waals surface area (Å²) in [6.45, 7) is 0.869. The number of hydrogen-bond acceptors (Lipinski definition) is 5. The van der Waals surface area contributed by atoms with Crippen LogP contribution in [0.25, 0.3) is 6.08 Å². The zero-order valence-electron chi connectivity index (χ0n) is 16.3. The molecule has 0 aliphatic carbocycles. The number of nitrogens with zero attached hydrogens (tertiary/aromatic N) is 1. The van der Waals surface area contributed by atoms with Crippen molar-refractivity contribution < 1.29 is 28.6 Å². The largest absolute Gasteiger partial charge is 0.497 e. The molecule has 0 radical (unpaired) electrons. The van der Waals surface area contributed by atoms with Crippen molar-refractivity contribution in [3.05, 3.63) is 59.7 Å². The number of ether oxygens (including phenoxy) is 1. The Morgan fingerprint density at radius 2 is 2.00 bits per heavy atom. The van der Waals surface area contributed by atoms with Crippen molar-refractivity contribution in [3.63, 3.8) is 0 Å². The molecule has 0 amide bonds. The molecule has 29 heavy (non-hydrogen) atoms. The highest BCUT2D eigenvalue weighted by Gasteiger charge is 2.28. The lowest BCUT2D eigenvalue weighted by Crippen LogP contribution is -2.34. The fraction of sp³-hybridized carbons (Fsp3) is 0.286. The van der Waals surface area contributed by atoms with E-state index in [1.165, 1.54) is 18.2 Å². The average molecular weight is 417 g/mol. The Labute approximate surface area is 169 Å². The third-order valence-corrected chi connectivity index (χ3v) is 6.31. The summed E-state index contributed by atoms with van der Waals surface area (Å²) in [5.41, 5.74) is 2.86. The lowest BCUT2D eigenvalue weighted by molar-refractivity contribution is -0.131. The maximum absolute atomic E-state index is 12.7. The normalized spacial score (nSPS) is 18.3. The smallest absolute Gasteiger partial charge is 0.358 e. The highest BCUT2D eigenvalue weighted by Crippen LogP contribution is 2.42. The quantitative estimate of drug-likeness (QED) is 0.528. The Kier molecular flexibility index (Phi) is 6.42. The second kappa shape index (κ2) is 8.82. The van der Waals surface area contributed by atoms with Gasteiger partial charge in [-0.3, -0.25) is 4.57 Å². The van der Waals surface area contributed by atoms with E-state index in [1.54, 1.807) is 19.2 Å². The van der Waals surface area contributed by atoms with Crippen LogP contribution < -0.4 is 14.9 Å². The fourth-order valence-corrected chi connectivity index (χ4v) is 4.51. The van der Waals surface area contributed by atoms with Crippen LogP contribution in [0.2, 0.25) is 0 Å². The van der Waals surface area contributed by atoms with Gasteiger partial charge in [-0.05, 0) is 54.0 Å². The van der Waals surface area contributed by atoms with Crippen molar-refractivity contribution in [2.45, 2.75) is 6.42 Å². The molecule has 2 unspecified atom stereocenters. The average Bonchev–Trinajstić information content (AvgIpc) is 2.70. The Morgan fingerprint density at radius 1 is 1.28 bits per heavy atom. The van der Waals surface area contributed by atoms with E-state index in [-0.39, 0.29) is 17.8 Å². The maximum Gasteiger partial charge on any atom is 0.358 e. The molecule has 1 heterocycles. The second-order valence-electron chi connectivity index (χ2n) is 7.02. The molecule has 0 saturated heterocycles. The van der Waals surface area contributed by atoms with Crippen LogP contribution in [0.4, 0.5) is 5.69 Å². The molecule has 2 aromatic rings. The number of anilines is 1. The number of carboxylic acids is 1. The first-order valence-corrected chi connectivity index (χ1v) is 10.7. The minimum absolute atomic E-state index is 0.0675. The molecule has 8 heteroatoms. The van der Waals surface area contributed by atoms with E-state index in [4.69, 9.17) is 14.4 Å². The number of rotatable bonds is 7. The predicted molar refractivity (Wildman–Crippen MR) is 112 cm³/mol. The second-order valence-corrected chi connectivity index (χ2v) is 8.84. The van der Waals surface area contributed by atoms with Crippen molar-refractivity contribution >= 4 is 30.6 Å². The number of carbonyl (C=O) groups is 1. The number of aliphatic carboxylic acids is 1. The molecule has 154 valence electrons. The Bertz CT molecular complexity index is 956. The minimum Gasteiger partial charge on any atom is -0.497 e. The van der Waals surface area contributed by atoms with Crippen molar-refractivity contribution in [2.24, 2.45) is 5.92 Å². The van der Waals surface area contributed by atoms with Gasteiger partial charge in [-0.1, -0.05) is 12.1 Å². The van der Waals surface area contributed by atoms with Crippen molar-refractivity contribution in [1.82, 2.24) is 0 Å². The first kappa shape index (κ1) is 21.1. The van der Waals surface area contributed by atoms with E-state index in [9.17, 15) is 14.3 Å². The summed E-state index contributed by atoms with van der Waals surface area (Å²) in [4.78, 5) is 23.0. The third-order valence-electron chi connectivity index (χ3n) is 4.86. The molecular formula is C21H24NO6P. The highest BCUT2D eigenvalue weighted by molar-refractivity contribution is 7.61. The summed E-state index contributed by atoms with van der Waals surface area (Å²) >= 11 is 0. The Morgan fingerprint density at radius 3 is 2.66 bits per heavy atom. The molecule has 3 rings (SSSR count). The van der Waals surface area contributed by atoms with Crippen molar-refractivity contribution in [1.29, 1.82) is 0 Å². The van der Waals surface area contributed by atoms with E-state index >= 15 is 0 Å². The number of methoxy groups -OCH3 is 1. The SMILES string of the molecule is COc1ccc2c(c1)CC(COP(=O)(O)c1ccc(/C=C/C(=O)O)cc1)CN2C. The molecule has 2 atom stereocenters. The summed E-state index contributed by atoms with van der Waals surface area (Å²) < 4.78 is 23.4. The van der Waals surface area contributed by atoms with Gasteiger partial charge < -0.3 is 24.2 Å². The van der Waals surface area contributed by atoms with E-state index in [0.29, 0.717) is 5.56 Å². The summed E-state index contributed by atoms with van der Waals surface area (Å²) in [6.07, 6.45) is 3.16. The first-order valence-electron chi connectivity index (χ1n) is 9.15. The lowest BCUT2D eigenvalue weighted by atomic mass is 9.93. The summed E-state index contributed by atoms with van der Waals surface area (Å²) in [7, 11) is -0.362. The number of hydrogen-bond donors (Lipinski definition) is 2. The van der Waals surface area contributed by atoms with Crippen LogP contribution in [-0.2, 0) is 20.3 Å². The molecule has 0 fully saturated rings. The zero-order chi connectivity index (χ0) is 21.0. The topological polar surface area (TPSA) is 96.3 Å². The van der Waals surface area contributed by atoms with Crippen molar-refractivity contribution in [2.75, 3.05) is 32.2 Å². The Hall–Kier alpha value is -2.60. The summed E-state index contributed by atoms with van der Waals surface area (Å²) in [6, 6.07) is 12.0. The lowest BCUT2D eigenvalue weighted by Gasteiger charge is -2.33. The van der Waals surface area contributed by atoms with Gasteiger partial charge in [0, 0.05) is 31.3 Å². The molecule has 7 nitrogen and oxygen atoms in total. The fourth-order valence-electron chi connectivity index (χ4n) is 3.42. The van der Waals surface area contributed by atoms with Gasteiger partial charge in [0.25, 0.3) is 0 Å². The van der Waals surface area contributed by atoms with E-state index < -0.39 is 13.6 Å². The predicted octanol–water partition coefficient (Wildman–Crippen LogP) is 2.93. The van der Waals surface area contributed by atoms with Crippen LogP contribution in [0.3, 0.4) is 0 Å². The van der Waals surface area contributed by atoms with Gasteiger partial charge in [0.05, 0.1) is 19.0 Å². The van der Waals surface area contributed by atoms with E-state index in [1.807, 2.05) is 25.2 Å². The van der Waals surface area contributed by atoms with Gasteiger partial charge in [-0.2, -0.15) is 0 Å². The minimum atomic E-state index is -3.97. The first-order chi connectivity index (χ1) is 13.8. The maximum atomic E-state index is 12.7. The van der Waals surface area contributed by atoms with Gasteiger partial charge in [0.1, 0.15) is 5.75 Å². The number of fused-ring (bicyclic) bond motifs is 1. The standard InChI is InChI=1S/C21H24NO6P/c1-22-13-16(11-17-12-18(27-2)6-9-20(17)22)14-28-29(25,26)19-7-3-15(4-8-19)5-10-21(23)24/h3-10,12,16H,11,13-14H2,1-2H3,(H,23,24)(H,25,26)/b10-5+. The monoisotopic (exact) mass is 417 g/mol. The molecule has 0 aromatic heterocycles. The Balaban J connectivity index is 1.65. The molecule has 2 N–H and O–H groups in total. The highest BCUT2D eigenvalue weighted by atomic mass is 31.2. The molecule has 2 aromatic carbocycles. The number of carboxylic acid groups (broad SMARTS) is 1. The molecule has 0 saturated carbocycles. The molecule has 0 bridgehead atoms. The van der Waals surface area contributed by atoms with Gasteiger partial charge in [-0.15, -0.1) is 0 Å². The summed E-state index contributed by atoms with van der Waals surface area (Å²) in [5.74, 6) is -0.205. The van der Waals surface area contributed by atoms with E-state index in [2.05, 4.69) is 4.90 Å². The van der Waals surface area contributed by atoms with Crippen LogP contribution in [0.5, 0.6) is 5.75 Å². The molecule has 1 aliphatic rings. The van der Waals surface area contributed by atoms with Crippen LogP contribution in [0.15, 0.2) is 48.5 Å². The van der Waals surface area contributed by atoms with Gasteiger partial charge in [-0.25, -0.2) is 4.79 Å². The summed E-state index contributed by atoms with van der Waals surface area (Å²) in [5, 5.41) is 8.84. The van der Waals surface area contributed by atoms with Crippen LogP contribution in [0.1, 0.15) is 11.1 Å². The third kappa shape index (κ3) is 5.26. The van der Waals surface area contributed by atoms with Gasteiger partial charge in [0.2, 0.25) is 0 Å². The molecule has 0 spiro atoms. The van der Waals surface area contributed by atoms with Crippen LogP contribution in [-0.4, -0.2) is 43.3 Å². The van der Waals surface area contributed by atoms with E-state index in [0.717, 1.165) is 36.0 Å². The molecular weight excluding hydrogens is 393 g/mol. The van der Waals surface area contributed by atoms with Gasteiger partial charge in [0.15, 0.2) is 0 Å². The molecule has 1 aliphatic heterocycles. The number of benzene rings is 2. The van der Waals surface area contributed by atoms with Crippen LogP contribution in [0, 0.1) is 5.92 Å². The van der Waals surface area contributed by atoms with Gasteiger partial charge >= 0.3 is 13.6 Å². The van der Waals surface area contributed by atoms with Crippen molar-refractivity contribution in [3.8, 4) is 5.75 Å². The van der Waals surface area contributed by atoms with Crippen LogP contribution >= 0.6 is 7.60 Å².